The Hall–Kier alpha value is -3.88. The molecule has 0 radical (unpaired) electrons. The molecule has 1 amide bonds. The molecule has 168 valence electrons. The number of carbonyl (C=O) groups excluding carboxylic acids is 1. The molecule has 2 aromatic heterocycles. The maximum absolute atomic E-state index is 14.1. The zero-order valence-electron chi connectivity index (χ0n) is 18.2. The average molecular weight is 446 g/mol. The number of halogens is 1. The Morgan fingerprint density at radius 1 is 1.12 bits per heavy atom. The number of aromatic nitrogens is 5. The van der Waals surface area contributed by atoms with E-state index in [2.05, 4.69) is 20.3 Å². The van der Waals surface area contributed by atoms with E-state index in [1.807, 2.05) is 36.1 Å². The Morgan fingerprint density at radius 2 is 1.85 bits per heavy atom. The van der Waals surface area contributed by atoms with Crippen LogP contribution >= 0.6 is 0 Å². The zero-order valence-corrected chi connectivity index (χ0v) is 18.2. The van der Waals surface area contributed by atoms with E-state index in [1.165, 1.54) is 10.7 Å². The molecule has 1 saturated heterocycles. The molecule has 3 heterocycles. The summed E-state index contributed by atoms with van der Waals surface area (Å²) in [5.74, 6) is 0.222. The summed E-state index contributed by atoms with van der Waals surface area (Å²) in [6.07, 6.45) is 1.36. The summed E-state index contributed by atoms with van der Waals surface area (Å²) in [7, 11) is 0. The number of amides is 1. The molecule has 8 nitrogen and oxygen atoms in total. The zero-order chi connectivity index (χ0) is 22.9. The molecule has 0 bridgehead atoms. The highest BCUT2D eigenvalue weighted by Crippen LogP contribution is 2.27. The van der Waals surface area contributed by atoms with Crippen molar-refractivity contribution in [1.29, 1.82) is 0 Å². The summed E-state index contributed by atoms with van der Waals surface area (Å²) in [6, 6.07) is 14.0. The van der Waals surface area contributed by atoms with Crippen molar-refractivity contribution in [2.24, 2.45) is 0 Å². The van der Waals surface area contributed by atoms with E-state index in [0.29, 0.717) is 48.5 Å². The van der Waals surface area contributed by atoms with E-state index in [9.17, 15) is 14.0 Å². The van der Waals surface area contributed by atoms with Crippen LogP contribution in [0.4, 0.5) is 4.39 Å². The summed E-state index contributed by atoms with van der Waals surface area (Å²) in [5.41, 5.74) is 2.20. The Kier molecular flexibility index (Phi) is 5.45. The second kappa shape index (κ2) is 8.57. The summed E-state index contributed by atoms with van der Waals surface area (Å²) in [6.45, 7) is 3.21. The fraction of sp³-hybridized carbons (Fsp3) is 0.292. The van der Waals surface area contributed by atoms with Gasteiger partial charge >= 0.3 is 0 Å². The minimum absolute atomic E-state index is 0.000156. The van der Waals surface area contributed by atoms with Gasteiger partial charge in [-0.15, -0.1) is 5.10 Å². The predicted octanol–water partition coefficient (Wildman–Crippen LogP) is 3.03. The number of carbonyl (C=O) groups is 1. The second-order valence-corrected chi connectivity index (χ2v) is 8.34. The van der Waals surface area contributed by atoms with Crippen LogP contribution in [0.5, 0.6) is 0 Å². The van der Waals surface area contributed by atoms with Gasteiger partial charge < -0.3 is 9.88 Å². The number of hydrogen-bond acceptors (Lipinski definition) is 5. The van der Waals surface area contributed by atoms with Gasteiger partial charge in [0, 0.05) is 30.1 Å². The number of fused-ring (bicyclic) bond motifs is 1. The fourth-order valence-corrected chi connectivity index (χ4v) is 4.31. The first-order valence-corrected chi connectivity index (χ1v) is 10.9. The molecule has 1 aliphatic heterocycles. The van der Waals surface area contributed by atoms with E-state index in [-0.39, 0.29) is 35.3 Å². The van der Waals surface area contributed by atoms with Crippen molar-refractivity contribution in [2.75, 3.05) is 13.1 Å². The molecule has 1 fully saturated rings. The van der Waals surface area contributed by atoms with Crippen LogP contribution in [-0.4, -0.2) is 48.9 Å². The highest BCUT2D eigenvalue weighted by Gasteiger charge is 2.27. The molecule has 9 heteroatoms. The van der Waals surface area contributed by atoms with Crippen LogP contribution in [0.1, 0.15) is 46.1 Å². The predicted molar refractivity (Wildman–Crippen MR) is 121 cm³/mol. The summed E-state index contributed by atoms with van der Waals surface area (Å²) in [5, 5.41) is 7.96. The lowest BCUT2D eigenvalue weighted by atomic mass is 9.95. The van der Waals surface area contributed by atoms with Gasteiger partial charge in [0.15, 0.2) is 11.2 Å². The number of aryl methyl sites for hydroxylation is 1. The molecule has 0 saturated carbocycles. The summed E-state index contributed by atoms with van der Waals surface area (Å²) < 4.78 is 15.5. The monoisotopic (exact) mass is 446 g/mol. The van der Waals surface area contributed by atoms with E-state index in [0.717, 1.165) is 5.56 Å². The standard InChI is InChI=1S/C24H23FN6O2/c1-15-6-2-4-8-18(15)24(33)30-12-10-16(11-13-30)21-26-22-20(23(32)27-21)28-29-31(22)14-17-7-3-5-9-19(17)25/h2-9,16H,10-14H2,1H3,(H,26,27,32). The average Bonchev–Trinajstić information content (AvgIpc) is 3.24. The molecule has 0 atom stereocenters. The van der Waals surface area contributed by atoms with E-state index >= 15 is 0 Å². The lowest BCUT2D eigenvalue weighted by Gasteiger charge is -2.31. The molecule has 2 aromatic carbocycles. The van der Waals surface area contributed by atoms with Crippen molar-refractivity contribution >= 4 is 17.1 Å². The van der Waals surface area contributed by atoms with Gasteiger partial charge in [-0.25, -0.2) is 14.1 Å². The van der Waals surface area contributed by atoms with Gasteiger partial charge in [-0.05, 0) is 37.5 Å². The number of hydrogen-bond donors (Lipinski definition) is 1. The molecule has 5 rings (SSSR count). The van der Waals surface area contributed by atoms with Crippen molar-refractivity contribution in [3.63, 3.8) is 0 Å². The smallest absolute Gasteiger partial charge is 0.281 e. The van der Waals surface area contributed by atoms with Crippen molar-refractivity contribution < 1.29 is 9.18 Å². The molecule has 33 heavy (non-hydrogen) atoms. The lowest BCUT2D eigenvalue weighted by Crippen LogP contribution is -2.38. The van der Waals surface area contributed by atoms with Gasteiger partial charge in [0.25, 0.3) is 11.5 Å². The van der Waals surface area contributed by atoms with Crippen LogP contribution < -0.4 is 5.56 Å². The van der Waals surface area contributed by atoms with Gasteiger partial charge in [-0.1, -0.05) is 41.6 Å². The Bertz CT molecular complexity index is 1390. The third-order valence-corrected chi connectivity index (χ3v) is 6.21. The Morgan fingerprint density at radius 3 is 2.61 bits per heavy atom. The topological polar surface area (TPSA) is 96.8 Å². The van der Waals surface area contributed by atoms with E-state index in [1.54, 1.807) is 18.2 Å². The Labute approximate surface area is 189 Å². The van der Waals surface area contributed by atoms with Crippen LogP contribution in [0.25, 0.3) is 11.2 Å². The molecular weight excluding hydrogens is 423 g/mol. The highest BCUT2D eigenvalue weighted by molar-refractivity contribution is 5.95. The molecule has 1 aliphatic rings. The van der Waals surface area contributed by atoms with Crippen LogP contribution in [0, 0.1) is 12.7 Å². The molecule has 0 aliphatic carbocycles. The molecule has 4 aromatic rings. The first-order valence-electron chi connectivity index (χ1n) is 10.9. The molecule has 0 spiro atoms. The van der Waals surface area contributed by atoms with Gasteiger partial charge in [-0.3, -0.25) is 9.59 Å². The number of aromatic amines is 1. The van der Waals surface area contributed by atoms with Gasteiger partial charge in [0.05, 0.1) is 6.54 Å². The number of nitrogens with zero attached hydrogens (tertiary/aromatic N) is 5. The van der Waals surface area contributed by atoms with Crippen molar-refractivity contribution in [3.8, 4) is 0 Å². The minimum Gasteiger partial charge on any atom is -0.339 e. The fourth-order valence-electron chi connectivity index (χ4n) is 4.31. The number of rotatable bonds is 4. The van der Waals surface area contributed by atoms with Gasteiger partial charge in [-0.2, -0.15) is 0 Å². The van der Waals surface area contributed by atoms with E-state index in [4.69, 9.17) is 0 Å². The van der Waals surface area contributed by atoms with Crippen LogP contribution in [-0.2, 0) is 6.54 Å². The maximum atomic E-state index is 14.1. The first-order chi connectivity index (χ1) is 16.0. The quantitative estimate of drug-likeness (QED) is 0.520. The summed E-state index contributed by atoms with van der Waals surface area (Å²) >= 11 is 0. The van der Waals surface area contributed by atoms with Crippen LogP contribution in [0.2, 0.25) is 0 Å². The lowest BCUT2D eigenvalue weighted by molar-refractivity contribution is 0.0710. The molecular formula is C24H23FN6O2. The first kappa shape index (κ1) is 21.0. The minimum atomic E-state index is -0.367. The van der Waals surface area contributed by atoms with Crippen LogP contribution in [0.3, 0.4) is 0 Å². The highest BCUT2D eigenvalue weighted by atomic mass is 19.1. The Balaban J connectivity index is 1.36. The van der Waals surface area contributed by atoms with Gasteiger partial charge in [0.1, 0.15) is 11.6 Å². The summed E-state index contributed by atoms with van der Waals surface area (Å²) in [4.78, 5) is 34.8. The second-order valence-electron chi connectivity index (χ2n) is 8.34. The number of H-pyrrole nitrogens is 1. The third-order valence-electron chi connectivity index (χ3n) is 6.21. The van der Waals surface area contributed by atoms with Crippen molar-refractivity contribution in [3.05, 3.63) is 87.2 Å². The number of nitrogens with one attached hydrogen (secondary N) is 1. The number of likely N-dealkylation sites (tertiary alicyclic amines) is 1. The molecule has 1 N–H and O–H groups in total. The van der Waals surface area contributed by atoms with Gasteiger partial charge in [0.2, 0.25) is 0 Å². The van der Waals surface area contributed by atoms with Crippen LogP contribution in [0.15, 0.2) is 53.3 Å². The van der Waals surface area contributed by atoms with Crippen molar-refractivity contribution in [1.82, 2.24) is 29.9 Å². The van der Waals surface area contributed by atoms with Crippen molar-refractivity contribution in [2.45, 2.75) is 32.2 Å². The maximum Gasteiger partial charge on any atom is 0.281 e. The number of piperidine rings is 1. The van der Waals surface area contributed by atoms with E-state index < -0.39 is 0 Å². The third kappa shape index (κ3) is 4.02. The normalized spacial score (nSPS) is 14.7. The molecule has 0 unspecified atom stereocenters. The number of benzene rings is 2. The largest absolute Gasteiger partial charge is 0.339 e. The SMILES string of the molecule is Cc1ccccc1C(=O)N1CCC(c2nc3c(nnn3Cc3ccccc3F)c(=O)[nH]2)CC1.